The summed E-state index contributed by atoms with van der Waals surface area (Å²) >= 11 is 0. The average Bonchev–Trinajstić information content (AvgIpc) is 3.46. The van der Waals surface area contributed by atoms with Gasteiger partial charge in [-0.2, -0.15) is 5.10 Å². The fourth-order valence-corrected chi connectivity index (χ4v) is 3.75. The van der Waals surface area contributed by atoms with Crippen LogP contribution in [0.2, 0.25) is 0 Å². The summed E-state index contributed by atoms with van der Waals surface area (Å²) in [5.74, 6) is 6.29. The molecule has 0 aromatic carbocycles. The van der Waals surface area contributed by atoms with E-state index in [0.717, 1.165) is 40.9 Å². The van der Waals surface area contributed by atoms with Crippen LogP contribution in [0, 0.1) is 18.8 Å². The van der Waals surface area contributed by atoms with Crippen molar-refractivity contribution in [1.82, 2.24) is 25.1 Å². The van der Waals surface area contributed by atoms with Gasteiger partial charge in [0.1, 0.15) is 5.69 Å². The third-order valence-corrected chi connectivity index (χ3v) is 5.37. The van der Waals surface area contributed by atoms with Gasteiger partial charge in [-0.25, -0.2) is 0 Å². The van der Waals surface area contributed by atoms with Gasteiger partial charge in [-0.1, -0.05) is 18.4 Å². The number of rotatable bonds is 7. The largest absolute Gasteiger partial charge is 0.353 e. The molecule has 3 aromatic rings. The fraction of sp³-hybridized carbons (Fsp3) is 0.320. The van der Waals surface area contributed by atoms with Crippen LogP contribution in [0.4, 0.5) is 5.69 Å². The highest BCUT2D eigenvalue weighted by molar-refractivity contribution is 5.76. The molecule has 1 fully saturated rings. The highest BCUT2D eigenvalue weighted by Crippen LogP contribution is 2.18. The van der Waals surface area contributed by atoms with E-state index in [9.17, 15) is 0 Å². The third kappa shape index (κ3) is 5.80. The lowest BCUT2D eigenvalue weighted by atomic mass is 10.1. The van der Waals surface area contributed by atoms with Crippen molar-refractivity contribution < 1.29 is 0 Å². The summed E-state index contributed by atoms with van der Waals surface area (Å²) in [7, 11) is 0. The Morgan fingerprint density at radius 2 is 2.06 bits per heavy atom. The molecule has 0 amide bonds. The number of hydrogen-bond acceptors (Lipinski definition) is 5. The molecule has 0 spiro atoms. The van der Waals surface area contributed by atoms with Gasteiger partial charge in [-0.3, -0.25) is 15.1 Å². The Kier molecular flexibility index (Phi) is 6.75. The molecule has 1 aliphatic rings. The van der Waals surface area contributed by atoms with Crippen LogP contribution >= 0.6 is 0 Å². The normalized spacial score (nSPS) is 13.6. The molecule has 0 unspecified atom stereocenters. The van der Waals surface area contributed by atoms with Gasteiger partial charge < -0.3 is 10.2 Å². The average molecular weight is 413 g/mol. The zero-order valence-electron chi connectivity index (χ0n) is 18.0. The van der Waals surface area contributed by atoms with E-state index in [1.54, 1.807) is 12.4 Å². The number of nitrogens with zero attached hydrogens (tertiary/aromatic N) is 4. The van der Waals surface area contributed by atoms with Crippen molar-refractivity contribution in [3.8, 4) is 11.8 Å². The van der Waals surface area contributed by atoms with Crippen LogP contribution in [0.1, 0.15) is 47.3 Å². The molecule has 0 radical (unpaired) electrons. The minimum atomic E-state index is 0.677. The molecule has 6 heteroatoms. The molecule has 0 aliphatic carbocycles. The van der Waals surface area contributed by atoms with Gasteiger partial charge in [0.2, 0.25) is 0 Å². The molecule has 0 atom stereocenters. The highest BCUT2D eigenvalue weighted by Gasteiger charge is 2.11. The van der Waals surface area contributed by atoms with Gasteiger partial charge in [-0.05, 0) is 76.0 Å². The number of aryl methyl sites for hydroxylation is 2. The Morgan fingerprint density at radius 3 is 2.84 bits per heavy atom. The molecule has 158 valence electrons. The van der Waals surface area contributed by atoms with Crippen LogP contribution in [0.25, 0.3) is 5.70 Å². The van der Waals surface area contributed by atoms with Crippen molar-refractivity contribution in [1.29, 1.82) is 0 Å². The maximum atomic E-state index is 4.60. The Labute approximate surface area is 183 Å². The summed E-state index contributed by atoms with van der Waals surface area (Å²) < 4.78 is 0. The summed E-state index contributed by atoms with van der Waals surface area (Å²) in [6, 6.07) is 6.13. The number of H-pyrrole nitrogens is 1. The summed E-state index contributed by atoms with van der Waals surface area (Å²) in [6.07, 6.45) is 12.0. The first-order chi connectivity index (χ1) is 15.2. The van der Waals surface area contributed by atoms with Crippen molar-refractivity contribution in [3.05, 3.63) is 77.6 Å². The maximum Gasteiger partial charge on any atom is 0.123 e. The van der Waals surface area contributed by atoms with E-state index in [0.29, 0.717) is 11.4 Å². The summed E-state index contributed by atoms with van der Waals surface area (Å²) in [5.41, 5.74) is 6.11. The number of likely N-dealkylation sites (tertiary alicyclic amines) is 1. The maximum absolute atomic E-state index is 4.60. The monoisotopic (exact) mass is 412 g/mol. The van der Waals surface area contributed by atoms with Crippen LogP contribution in [0.15, 0.2) is 49.6 Å². The Morgan fingerprint density at radius 1 is 1.19 bits per heavy atom. The SMILES string of the molecule is C=C(Nc1ccc(CCCN2CCCC2)nc1)c1n[nH]cc1C#Cc1cncc(C)c1. The molecule has 31 heavy (non-hydrogen) atoms. The number of aromatic amines is 1. The molecule has 0 saturated carbocycles. The quantitative estimate of drug-likeness (QED) is 0.574. The predicted molar refractivity (Wildman–Crippen MR) is 124 cm³/mol. The molecule has 0 bridgehead atoms. The van der Waals surface area contributed by atoms with Crippen molar-refractivity contribution in [2.75, 3.05) is 25.0 Å². The van der Waals surface area contributed by atoms with E-state index in [1.807, 2.05) is 31.5 Å². The summed E-state index contributed by atoms with van der Waals surface area (Å²) in [4.78, 5) is 11.3. The van der Waals surface area contributed by atoms with Crippen LogP contribution in [-0.2, 0) is 6.42 Å². The second-order valence-electron chi connectivity index (χ2n) is 7.94. The molecular weight excluding hydrogens is 384 g/mol. The Balaban J connectivity index is 1.34. The number of aromatic nitrogens is 4. The molecular formula is C25H28N6. The zero-order valence-corrected chi connectivity index (χ0v) is 18.0. The molecule has 4 heterocycles. The van der Waals surface area contributed by atoms with E-state index in [4.69, 9.17) is 0 Å². The number of hydrogen-bond donors (Lipinski definition) is 2. The summed E-state index contributed by atoms with van der Waals surface area (Å²) in [6.45, 7) is 9.80. The number of anilines is 1. The van der Waals surface area contributed by atoms with Gasteiger partial charge in [-0.15, -0.1) is 0 Å². The Hall–Kier alpha value is -3.43. The second-order valence-corrected chi connectivity index (χ2v) is 7.94. The van der Waals surface area contributed by atoms with E-state index in [-0.39, 0.29) is 0 Å². The zero-order chi connectivity index (χ0) is 21.5. The van der Waals surface area contributed by atoms with Crippen LogP contribution in [0.3, 0.4) is 0 Å². The molecule has 4 rings (SSSR count). The van der Waals surface area contributed by atoms with Gasteiger partial charge >= 0.3 is 0 Å². The molecule has 1 saturated heterocycles. The lowest BCUT2D eigenvalue weighted by Gasteiger charge is -2.13. The van der Waals surface area contributed by atoms with Crippen LogP contribution in [0.5, 0.6) is 0 Å². The predicted octanol–water partition coefficient (Wildman–Crippen LogP) is 4.02. The minimum Gasteiger partial charge on any atom is -0.353 e. The van der Waals surface area contributed by atoms with E-state index in [1.165, 1.54) is 32.5 Å². The molecule has 6 nitrogen and oxygen atoms in total. The van der Waals surface area contributed by atoms with Crippen molar-refractivity contribution in [2.24, 2.45) is 0 Å². The van der Waals surface area contributed by atoms with Crippen molar-refractivity contribution >= 4 is 11.4 Å². The van der Waals surface area contributed by atoms with Gasteiger partial charge in [0.15, 0.2) is 0 Å². The van der Waals surface area contributed by atoms with E-state index >= 15 is 0 Å². The van der Waals surface area contributed by atoms with Crippen LogP contribution in [-0.4, -0.2) is 44.7 Å². The third-order valence-electron chi connectivity index (χ3n) is 5.37. The van der Waals surface area contributed by atoms with Crippen molar-refractivity contribution in [3.63, 3.8) is 0 Å². The molecule has 3 aromatic heterocycles. The standard InChI is InChI=1S/C25H28N6/c1-19-14-21(16-26-15-19)7-8-22-17-28-30-25(22)20(2)29-24-10-9-23(27-18-24)6-5-13-31-11-3-4-12-31/h9-10,14-18,29H,2-6,11-13H2,1H3,(H,28,30). The van der Waals surface area contributed by atoms with Gasteiger partial charge in [0.05, 0.1) is 23.1 Å². The lowest BCUT2D eigenvalue weighted by Crippen LogP contribution is -2.20. The number of nitrogens with one attached hydrogen (secondary N) is 2. The van der Waals surface area contributed by atoms with Crippen molar-refractivity contribution in [2.45, 2.75) is 32.6 Å². The van der Waals surface area contributed by atoms with Gasteiger partial charge in [0, 0.05) is 29.8 Å². The summed E-state index contributed by atoms with van der Waals surface area (Å²) in [5, 5.41) is 10.5. The minimum absolute atomic E-state index is 0.677. The lowest BCUT2D eigenvalue weighted by molar-refractivity contribution is 0.333. The first-order valence-electron chi connectivity index (χ1n) is 10.8. The van der Waals surface area contributed by atoms with Crippen LogP contribution < -0.4 is 5.32 Å². The second kappa shape index (κ2) is 10.1. The smallest absolute Gasteiger partial charge is 0.123 e. The first-order valence-corrected chi connectivity index (χ1v) is 10.8. The first kappa shape index (κ1) is 20.8. The highest BCUT2D eigenvalue weighted by atomic mass is 15.1. The topological polar surface area (TPSA) is 69.7 Å². The Bertz CT molecular complexity index is 1080. The van der Waals surface area contributed by atoms with E-state index in [2.05, 4.69) is 54.9 Å². The van der Waals surface area contributed by atoms with Gasteiger partial charge in [0.25, 0.3) is 0 Å². The fourth-order valence-electron chi connectivity index (χ4n) is 3.75. The molecule has 1 aliphatic heterocycles. The molecule has 2 N–H and O–H groups in total. The number of pyridine rings is 2. The van der Waals surface area contributed by atoms with E-state index < -0.39 is 0 Å².